The quantitative estimate of drug-likeness (QED) is 0.938. The number of para-hydroxylation sites is 2. The summed E-state index contributed by atoms with van der Waals surface area (Å²) in [5.74, 6) is 1.74. The van der Waals surface area contributed by atoms with E-state index in [9.17, 15) is 4.79 Å². The number of rotatable bonds is 3. The molecule has 0 bridgehead atoms. The Labute approximate surface area is 140 Å². The monoisotopic (exact) mass is 325 g/mol. The number of ether oxygens (including phenoxy) is 3. The van der Waals surface area contributed by atoms with E-state index in [1.54, 1.807) is 37.4 Å². The second-order valence-electron chi connectivity index (χ2n) is 6.39. The van der Waals surface area contributed by atoms with Crippen LogP contribution in [0.5, 0.6) is 17.2 Å². The zero-order valence-electron chi connectivity index (χ0n) is 13.5. The van der Waals surface area contributed by atoms with E-state index < -0.39 is 0 Å². The third kappa shape index (κ3) is 2.77. The molecular weight excluding hydrogens is 306 g/mol. The van der Waals surface area contributed by atoms with Crippen molar-refractivity contribution >= 4 is 11.6 Å². The van der Waals surface area contributed by atoms with E-state index >= 15 is 0 Å². The fraction of sp³-hybridized carbons (Fsp3) is 0.316. The van der Waals surface area contributed by atoms with Crippen LogP contribution in [0.3, 0.4) is 0 Å². The second kappa shape index (κ2) is 5.74. The number of hydrogen-bond donors (Lipinski definition) is 1. The SMILES string of the molecule is COc1ccccc1NC(=O)c1ccc2c(c1)OCC1(CC1)CO2. The van der Waals surface area contributed by atoms with Crippen LogP contribution >= 0.6 is 0 Å². The van der Waals surface area contributed by atoms with E-state index in [1.807, 2.05) is 12.1 Å². The van der Waals surface area contributed by atoms with Gasteiger partial charge in [0.25, 0.3) is 5.91 Å². The molecule has 124 valence electrons. The largest absolute Gasteiger partial charge is 0.495 e. The minimum Gasteiger partial charge on any atom is -0.495 e. The number of hydrogen-bond acceptors (Lipinski definition) is 4. The molecule has 2 aromatic rings. The van der Waals surface area contributed by atoms with Crippen molar-refractivity contribution in [2.75, 3.05) is 25.6 Å². The first-order valence-corrected chi connectivity index (χ1v) is 8.03. The molecule has 1 amide bonds. The number of methoxy groups -OCH3 is 1. The highest BCUT2D eigenvalue weighted by atomic mass is 16.5. The summed E-state index contributed by atoms with van der Waals surface area (Å²) >= 11 is 0. The first-order valence-electron chi connectivity index (χ1n) is 8.03. The average molecular weight is 325 g/mol. The van der Waals surface area contributed by atoms with Gasteiger partial charge in [0, 0.05) is 11.0 Å². The van der Waals surface area contributed by atoms with Gasteiger partial charge < -0.3 is 19.5 Å². The molecule has 0 radical (unpaired) electrons. The lowest BCUT2D eigenvalue weighted by Gasteiger charge is -2.11. The summed E-state index contributed by atoms with van der Waals surface area (Å²) in [5, 5.41) is 2.87. The molecule has 0 aromatic heterocycles. The van der Waals surface area contributed by atoms with Gasteiger partial charge in [0.2, 0.25) is 0 Å². The third-order valence-electron chi connectivity index (χ3n) is 4.59. The highest BCUT2D eigenvalue weighted by Gasteiger charge is 2.46. The van der Waals surface area contributed by atoms with Crippen molar-refractivity contribution in [1.82, 2.24) is 0 Å². The maximum Gasteiger partial charge on any atom is 0.255 e. The van der Waals surface area contributed by atoms with Crippen LogP contribution in [-0.4, -0.2) is 26.2 Å². The fourth-order valence-electron chi connectivity index (χ4n) is 2.79. The van der Waals surface area contributed by atoms with E-state index in [4.69, 9.17) is 14.2 Å². The molecule has 1 heterocycles. The van der Waals surface area contributed by atoms with Gasteiger partial charge in [-0.15, -0.1) is 0 Å². The fourth-order valence-corrected chi connectivity index (χ4v) is 2.79. The van der Waals surface area contributed by atoms with Gasteiger partial charge in [0.15, 0.2) is 11.5 Å². The van der Waals surface area contributed by atoms with Crippen molar-refractivity contribution in [3.8, 4) is 17.2 Å². The predicted octanol–water partition coefficient (Wildman–Crippen LogP) is 3.50. The number of carbonyl (C=O) groups excluding carboxylic acids is 1. The van der Waals surface area contributed by atoms with E-state index in [-0.39, 0.29) is 11.3 Å². The maximum absolute atomic E-state index is 12.5. The Morgan fingerprint density at radius 3 is 2.58 bits per heavy atom. The molecule has 0 atom stereocenters. The molecule has 2 aliphatic rings. The van der Waals surface area contributed by atoms with Crippen molar-refractivity contribution in [3.63, 3.8) is 0 Å². The Kier molecular flexibility index (Phi) is 3.56. The molecule has 24 heavy (non-hydrogen) atoms. The van der Waals surface area contributed by atoms with Crippen LogP contribution in [0.25, 0.3) is 0 Å². The van der Waals surface area contributed by atoms with Gasteiger partial charge in [-0.2, -0.15) is 0 Å². The van der Waals surface area contributed by atoms with E-state index in [0.717, 1.165) is 12.8 Å². The molecule has 1 aliphatic heterocycles. The summed E-state index contributed by atoms with van der Waals surface area (Å²) < 4.78 is 17.0. The number of carbonyl (C=O) groups is 1. The number of fused-ring (bicyclic) bond motifs is 1. The Balaban J connectivity index is 1.54. The predicted molar refractivity (Wildman–Crippen MR) is 90.0 cm³/mol. The summed E-state index contributed by atoms with van der Waals surface area (Å²) in [7, 11) is 1.58. The lowest BCUT2D eigenvalue weighted by atomic mass is 10.1. The minimum atomic E-state index is -0.212. The molecule has 5 nitrogen and oxygen atoms in total. The van der Waals surface area contributed by atoms with Gasteiger partial charge in [0.05, 0.1) is 26.0 Å². The van der Waals surface area contributed by atoms with Crippen LogP contribution < -0.4 is 19.5 Å². The highest BCUT2D eigenvalue weighted by Crippen LogP contribution is 2.49. The maximum atomic E-state index is 12.5. The summed E-state index contributed by atoms with van der Waals surface area (Å²) in [6.07, 6.45) is 2.28. The van der Waals surface area contributed by atoms with Crippen LogP contribution in [0.1, 0.15) is 23.2 Å². The van der Waals surface area contributed by atoms with Crippen molar-refractivity contribution in [1.29, 1.82) is 0 Å². The molecule has 1 N–H and O–H groups in total. The summed E-state index contributed by atoms with van der Waals surface area (Å²) in [6, 6.07) is 12.6. The van der Waals surface area contributed by atoms with Gasteiger partial charge in [-0.3, -0.25) is 4.79 Å². The first-order chi connectivity index (χ1) is 11.7. The molecule has 0 saturated heterocycles. The number of anilines is 1. The van der Waals surface area contributed by atoms with Gasteiger partial charge in [-0.25, -0.2) is 0 Å². The highest BCUT2D eigenvalue weighted by molar-refractivity contribution is 6.05. The Bertz CT molecular complexity index is 783. The van der Waals surface area contributed by atoms with Crippen LogP contribution in [0, 0.1) is 5.41 Å². The molecule has 0 unspecified atom stereocenters. The van der Waals surface area contributed by atoms with Gasteiger partial charge in [0.1, 0.15) is 5.75 Å². The lowest BCUT2D eigenvalue weighted by Crippen LogP contribution is -2.17. The van der Waals surface area contributed by atoms with Crippen LogP contribution in [0.2, 0.25) is 0 Å². The first kappa shape index (κ1) is 14.9. The smallest absolute Gasteiger partial charge is 0.255 e. The van der Waals surface area contributed by atoms with Crippen molar-refractivity contribution < 1.29 is 19.0 Å². The van der Waals surface area contributed by atoms with E-state index in [1.165, 1.54) is 0 Å². The topological polar surface area (TPSA) is 56.8 Å². The number of benzene rings is 2. The molecule has 1 aliphatic carbocycles. The number of amides is 1. The lowest BCUT2D eigenvalue weighted by molar-refractivity contribution is 0.102. The van der Waals surface area contributed by atoms with Crippen LogP contribution in [0.15, 0.2) is 42.5 Å². The summed E-state index contributed by atoms with van der Waals surface area (Å²) in [6.45, 7) is 1.34. The average Bonchev–Trinajstić information content (AvgIpc) is 3.41. The molecule has 1 spiro atoms. The zero-order chi connectivity index (χ0) is 16.6. The standard InChI is InChI=1S/C19H19NO4/c1-22-15-5-3-2-4-14(15)20-18(21)13-6-7-16-17(10-13)24-12-19(8-9-19)11-23-16/h2-7,10H,8-9,11-12H2,1H3,(H,20,21). The van der Waals surface area contributed by atoms with Gasteiger partial charge >= 0.3 is 0 Å². The zero-order valence-corrected chi connectivity index (χ0v) is 13.5. The van der Waals surface area contributed by atoms with Crippen molar-refractivity contribution in [2.24, 2.45) is 5.41 Å². The second-order valence-corrected chi connectivity index (χ2v) is 6.39. The molecule has 1 fully saturated rings. The summed E-state index contributed by atoms with van der Waals surface area (Å²) in [5.41, 5.74) is 1.34. The van der Waals surface area contributed by atoms with E-state index in [0.29, 0.717) is 41.7 Å². The molecule has 1 saturated carbocycles. The third-order valence-corrected chi connectivity index (χ3v) is 4.59. The van der Waals surface area contributed by atoms with Crippen LogP contribution in [-0.2, 0) is 0 Å². The summed E-state index contributed by atoms with van der Waals surface area (Å²) in [4.78, 5) is 12.5. The van der Waals surface area contributed by atoms with Crippen molar-refractivity contribution in [3.05, 3.63) is 48.0 Å². The molecular formula is C19H19NO4. The number of nitrogens with one attached hydrogen (secondary N) is 1. The van der Waals surface area contributed by atoms with Gasteiger partial charge in [-0.05, 0) is 43.2 Å². The Morgan fingerprint density at radius 1 is 1.08 bits per heavy atom. The molecule has 2 aromatic carbocycles. The molecule has 5 heteroatoms. The molecule has 4 rings (SSSR count). The van der Waals surface area contributed by atoms with Crippen molar-refractivity contribution in [2.45, 2.75) is 12.8 Å². The van der Waals surface area contributed by atoms with E-state index in [2.05, 4.69) is 5.32 Å². The Hall–Kier alpha value is -2.69. The van der Waals surface area contributed by atoms with Crippen LogP contribution in [0.4, 0.5) is 5.69 Å². The van der Waals surface area contributed by atoms with Gasteiger partial charge in [-0.1, -0.05) is 12.1 Å². The Morgan fingerprint density at radius 2 is 1.83 bits per heavy atom. The normalized spacial score (nSPS) is 17.0. The minimum absolute atomic E-state index is 0.179.